The van der Waals surface area contributed by atoms with Crippen LogP contribution in [-0.2, 0) is 13.0 Å². The number of aryl methyl sites for hydroxylation is 1. The van der Waals surface area contributed by atoms with Gasteiger partial charge in [0.1, 0.15) is 19.0 Å². The van der Waals surface area contributed by atoms with E-state index >= 15 is 0 Å². The molecular weight excluding hydrogens is 288 g/mol. The van der Waals surface area contributed by atoms with Crippen molar-refractivity contribution in [3.05, 3.63) is 64.2 Å². The van der Waals surface area contributed by atoms with Gasteiger partial charge in [-0.05, 0) is 47.9 Å². The van der Waals surface area contributed by atoms with E-state index in [9.17, 15) is 4.79 Å². The molecule has 0 spiro atoms. The lowest BCUT2D eigenvalue weighted by atomic mass is 10.0. The predicted octanol–water partition coefficient (Wildman–Crippen LogP) is 3.66. The second-order valence-electron chi connectivity index (χ2n) is 4.68. The van der Waals surface area contributed by atoms with Crippen LogP contribution < -0.4 is 4.74 Å². The maximum absolute atomic E-state index is 11.5. The van der Waals surface area contributed by atoms with Crippen molar-refractivity contribution in [1.82, 2.24) is 0 Å². The van der Waals surface area contributed by atoms with Crippen LogP contribution in [0.4, 0.5) is 0 Å². The third kappa shape index (κ3) is 4.06. The zero-order valence-corrected chi connectivity index (χ0v) is 12.6. The Morgan fingerprint density at radius 1 is 1.24 bits per heavy atom. The molecule has 0 radical (unpaired) electrons. The number of benzene rings is 2. The average Bonchev–Trinajstić information content (AvgIpc) is 2.52. The van der Waals surface area contributed by atoms with E-state index in [1.807, 2.05) is 31.2 Å². The summed E-state index contributed by atoms with van der Waals surface area (Å²) in [4.78, 5) is 11.5. The van der Waals surface area contributed by atoms with E-state index in [1.165, 1.54) is 0 Å². The van der Waals surface area contributed by atoms with Crippen molar-refractivity contribution in [3.8, 4) is 5.75 Å². The summed E-state index contributed by atoms with van der Waals surface area (Å²) in [7, 11) is 0. The molecule has 0 heterocycles. The summed E-state index contributed by atoms with van der Waals surface area (Å²) in [5.41, 5.74) is 2.43. The Kier molecular flexibility index (Phi) is 5.37. The molecule has 2 aromatic carbocycles. The Bertz CT molecular complexity index is 638. The second kappa shape index (κ2) is 7.25. The lowest BCUT2D eigenvalue weighted by molar-refractivity contribution is 0.0903. The number of carbonyl (C=O) groups is 1. The normalized spacial score (nSPS) is 10.4. The van der Waals surface area contributed by atoms with E-state index in [0.29, 0.717) is 17.2 Å². The van der Waals surface area contributed by atoms with Crippen LogP contribution in [0.25, 0.3) is 0 Å². The second-order valence-corrected chi connectivity index (χ2v) is 5.11. The molecule has 0 atom stereocenters. The van der Waals surface area contributed by atoms with Crippen molar-refractivity contribution in [3.63, 3.8) is 0 Å². The minimum absolute atomic E-state index is 0.286. The van der Waals surface area contributed by atoms with Gasteiger partial charge in [-0.25, -0.2) is 0 Å². The van der Waals surface area contributed by atoms with Crippen molar-refractivity contribution >= 4 is 17.4 Å². The number of Topliss-reactive ketones (excluding diaryl/α,β-unsaturated/α-hetero) is 1. The van der Waals surface area contributed by atoms with Crippen LogP contribution in [0.2, 0.25) is 5.02 Å². The van der Waals surface area contributed by atoms with Gasteiger partial charge in [-0.2, -0.15) is 0 Å². The molecule has 0 saturated carbocycles. The fraction of sp³-hybridized carbons (Fsp3) is 0.235. The van der Waals surface area contributed by atoms with E-state index in [2.05, 4.69) is 0 Å². The number of halogens is 1. The van der Waals surface area contributed by atoms with Gasteiger partial charge in [-0.3, -0.25) is 4.79 Å². The van der Waals surface area contributed by atoms with Gasteiger partial charge in [0, 0.05) is 10.6 Å². The van der Waals surface area contributed by atoms with Crippen LogP contribution in [0.3, 0.4) is 0 Å². The first-order valence-electron chi connectivity index (χ1n) is 6.78. The van der Waals surface area contributed by atoms with Gasteiger partial charge in [0.25, 0.3) is 0 Å². The minimum Gasteiger partial charge on any atom is -0.489 e. The van der Waals surface area contributed by atoms with Crippen molar-refractivity contribution in [1.29, 1.82) is 0 Å². The van der Waals surface area contributed by atoms with Crippen molar-refractivity contribution in [2.75, 3.05) is 6.61 Å². The monoisotopic (exact) mass is 304 g/mol. The molecule has 0 aliphatic heterocycles. The van der Waals surface area contributed by atoms with Crippen LogP contribution in [-0.4, -0.2) is 17.5 Å². The molecule has 110 valence electrons. The first-order chi connectivity index (χ1) is 10.1. The highest BCUT2D eigenvalue weighted by Crippen LogP contribution is 2.23. The summed E-state index contributed by atoms with van der Waals surface area (Å²) in [5.74, 6) is 0.457. The van der Waals surface area contributed by atoms with Gasteiger partial charge in [0.2, 0.25) is 0 Å². The SMILES string of the molecule is CCc1cc(C(=O)CO)ccc1OCc1cccc(Cl)c1. The number of aliphatic hydroxyl groups is 1. The maximum Gasteiger partial charge on any atom is 0.188 e. The van der Waals surface area contributed by atoms with E-state index in [1.54, 1.807) is 18.2 Å². The average molecular weight is 305 g/mol. The molecule has 0 bridgehead atoms. The molecule has 0 saturated heterocycles. The largest absolute Gasteiger partial charge is 0.489 e. The Balaban J connectivity index is 2.14. The molecular formula is C17H17ClO3. The topological polar surface area (TPSA) is 46.5 Å². The number of aliphatic hydroxyl groups excluding tert-OH is 1. The summed E-state index contributed by atoms with van der Waals surface area (Å²) in [6.07, 6.45) is 0.747. The highest BCUT2D eigenvalue weighted by Gasteiger charge is 2.09. The Morgan fingerprint density at radius 2 is 2.05 bits per heavy atom. The van der Waals surface area contributed by atoms with Crippen LogP contribution in [0, 0.1) is 0 Å². The highest BCUT2D eigenvalue weighted by atomic mass is 35.5. The zero-order chi connectivity index (χ0) is 15.2. The number of ether oxygens (including phenoxy) is 1. The van der Waals surface area contributed by atoms with Crippen molar-refractivity contribution in [2.24, 2.45) is 0 Å². The summed E-state index contributed by atoms with van der Waals surface area (Å²) < 4.78 is 5.81. The Morgan fingerprint density at radius 3 is 2.71 bits per heavy atom. The molecule has 0 aromatic heterocycles. The Labute approximate surface area is 129 Å². The molecule has 21 heavy (non-hydrogen) atoms. The first kappa shape index (κ1) is 15.5. The number of ketones is 1. The molecule has 0 amide bonds. The summed E-state index contributed by atoms with van der Waals surface area (Å²) in [6.45, 7) is 1.93. The smallest absolute Gasteiger partial charge is 0.188 e. The van der Waals surface area contributed by atoms with Gasteiger partial charge < -0.3 is 9.84 Å². The quantitative estimate of drug-likeness (QED) is 0.829. The number of rotatable bonds is 6. The molecule has 0 fully saturated rings. The van der Waals surface area contributed by atoms with Gasteiger partial charge in [0.15, 0.2) is 5.78 Å². The molecule has 0 unspecified atom stereocenters. The molecule has 0 aliphatic carbocycles. The minimum atomic E-state index is -0.480. The van der Waals surface area contributed by atoms with E-state index < -0.39 is 6.61 Å². The first-order valence-corrected chi connectivity index (χ1v) is 7.16. The standard InChI is InChI=1S/C17H17ClO3/c1-2-13-9-14(16(20)10-19)6-7-17(13)21-11-12-4-3-5-15(18)8-12/h3-9,19H,2,10-11H2,1H3. The van der Waals surface area contributed by atoms with Gasteiger partial charge >= 0.3 is 0 Å². The molecule has 1 N–H and O–H groups in total. The third-order valence-electron chi connectivity index (χ3n) is 3.19. The van der Waals surface area contributed by atoms with Gasteiger partial charge in [0.05, 0.1) is 0 Å². The lowest BCUT2D eigenvalue weighted by Crippen LogP contribution is -2.06. The van der Waals surface area contributed by atoms with E-state index in [4.69, 9.17) is 21.4 Å². The van der Waals surface area contributed by atoms with E-state index in [-0.39, 0.29) is 5.78 Å². The number of hydrogen-bond acceptors (Lipinski definition) is 3. The molecule has 4 heteroatoms. The van der Waals surface area contributed by atoms with Gasteiger partial charge in [-0.15, -0.1) is 0 Å². The summed E-state index contributed by atoms with van der Waals surface area (Å²) in [5, 5.41) is 9.58. The van der Waals surface area contributed by atoms with Crippen LogP contribution in [0.1, 0.15) is 28.4 Å². The highest BCUT2D eigenvalue weighted by molar-refractivity contribution is 6.30. The maximum atomic E-state index is 11.5. The molecule has 0 aliphatic rings. The van der Waals surface area contributed by atoms with Crippen molar-refractivity contribution < 1.29 is 14.6 Å². The number of carbonyl (C=O) groups excluding carboxylic acids is 1. The summed E-state index contributed by atoms with van der Waals surface area (Å²) in [6, 6.07) is 12.7. The molecule has 2 aromatic rings. The van der Waals surface area contributed by atoms with Gasteiger partial charge in [-0.1, -0.05) is 30.7 Å². The fourth-order valence-corrected chi connectivity index (χ4v) is 2.26. The van der Waals surface area contributed by atoms with Crippen LogP contribution in [0.5, 0.6) is 5.75 Å². The lowest BCUT2D eigenvalue weighted by Gasteiger charge is -2.12. The fourth-order valence-electron chi connectivity index (χ4n) is 2.05. The van der Waals surface area contributed by atoms with Crippen LogP contribution >= 0.6 is 11.6 Å². The molecule has 2 rings (SSSR count). The summed E-state index contributed by atoms with van der Waals surface area (Å²) >= 11 is 5.94. The third-order valence-corrected chi connectivity index (χ3v) is 3.43. The van der Waals surface area contributed by atoms with E-state index in [0.717, 1.165) is 23.3 Å². The predicted molar refractivity (Wildman–Crippen MR) is 83.0 cm³/mol. The van der Waals surface area contributed by atoms with Crippen LogP contribution in [0.15, 0.2) is 42.5 Å². The zero-order valence-electron chi connectivity index (χ0n) is 11.8. The molecule has 3 nitrogen and oxygen atoms in total. The van der Waals surface area contributed by atoms with Crippen molar-refractivity contribution in [2.45, 2.75) is 20.0 Å². The Hall–Kier alpha value is -1.84. The number of hydrogen-bond donors (Lipinski definition) is 1.